The predicted octanol–water partition coefficient (Wildman–Crippen LogP) is 2.27. The van der Waals surface area contributed by atoms with Gasteiger partial charge in [-0.1, -0.05) is 29.5 Å². The summed E-state index contributed by atoms with van der Waals surface area (Å²) in [5.74, 6) is -0.260. The van der Waals surface area contributed by atoms with Gasteiger partial charge >= 0.3 is 5.69 Å². The summed E-state index contributed by atoms with van der Waals surface area (Å²) in [7, 11) is 0. The highest BCUT2D eigenvalue weighted by Gasteiger charge is 2.18. The van der Waals surface area contributed by atoms with Crippen LogP contribution >= 0.6 is 11.8 Å². The lowest BCUT2D eigenvalue weighted by Crippen LogP contribution is -2.43. The Hall–Kier alpha value is -2.61. The minimum Gasteiger partial charge on any atom is -0.350 e. The summed E-state index contributed by atoms with van der Waals surface area (Å²) in [6.45, 7) is 7.55. The zero-order chi connectivity index (χ0) is 18.9. The van der Waals surface area contributed by atoms with Crippen molar-refractivity contribution in [2.24, 2.45) is 0 Å². The molecule has 0 unspecified atom stereocenters. The molecule has 3 aromatic rings. The van der Waals surface area contributed by atoms with Gasteiger partial charge in [0, 0.05) is 22.8 Å². The van der Waals surface area contributed by atoms with Crippen LogP contribution in [0.1, 0.15) is 26.3 Å². The van der Waals surface area contributed by atoms with E-state index in [1.54, 1.807) is 12.4 Å². The number of nitrogens with zero attached hydrogens (tertiary/aromatic N) is 4. The number of carbonyl (C=O) groups excluding carboxylic acids is 1. The molecule has 0 saturated carbocycles. The number of carbonyl (C=O) groups is 1. The Kier molecular flexibility index (Phi) is 4.86. The van der Waals surface area contributed by atoms with Crippen molar-refractivity contribution in [1.82, 2.24) is 24.5 Å². The number of aryl methyl sites for hydroxylation is 1. The van der Waals surface area contributed by atoms with Gasteiger partial charge in [0.15, 0.2) is 5.65 Å². The molecular weight excluding hydrogens is 350 g/mol. The molecule has 26 heavy (non-hydrogen) atoms. The highest BCUT2D eigenvalue weighted by molar-refractivity contribution is 7.99. The first-order valence-electron chi connectivity index (χ1n) is 8.23. The van der Waals surface area contributed by atoms with Crippen LogP contribution in [-0.2, 0) is 11.3 Å². The van der Waals surface area contributed by atoms with E-state index < -0.39 is 0 Å². The van der Waals surface area contributed by atoms with Gasteiger partial charge in [0.2, 0.25) is 5.91 Å². The van der Waals surface area contributed by atoms with Crippen molar-refractivity contribution in [3.05, 3.63) is 52.7 Å². The number of benzene rings is 1. The van der Waals surface area contributed by atoms with Crippen LogP contribution in [0.15, 0.2) is 51.4 Å². The van der Waals surface area contributed by atoms with E-state index in [1.165, 1.54) is 20.8 Å². The van der Waals surface area contributed by atoms with Gasteiger partial charge in [0.1, 0.15) is 11.6 Å². The number of hydrogen-bond acceptors (Lipinski definition) is 5. The van der Waals surface area contributed by atoms with E-state index in [-0.39, 0.29) is 23.7 Å². The van der Waals surface area contributed by atoms with Gasteiger partial charge in [-0.15, -0.1) is 5.10 Å². The van der Waals surface area contributed by atoms with E-state index >= 15 is 0 Å². The predicted molar refractivity (Wildman–Crippen MR) is 100 cm³/mol. The molecule has 136 valence electrons. The van der Waals surface area contributed by atoms with Crippen molar-refractivity contribution in [3.8, 4) is 0 Å². The maximum atomic E-state index is 12.5. The van der Waals surface area contributed by atoms with E-state index in [1.807, 2.05) is 52.0 Å². The molecule has 1 aromatic carbocycles. The largest absolute Gasteiger partial charge is 0.350 e. The maximum absolute atomic E-state index is 12.5. The average Bonchev–Trinajstić information content (AvgIpc) is 2.83. The van der Waals surface area contributed by atoms with Gasteiger partial charge < -0.3 is 5.32 Å². The SMILES string of the molecule is Cc1cccc(Sc2nccn3c(=O)n(CC(=O)NC(C)(C)C)nc23)c1. The summed E-state index contributed by atoms with van der Waals surface area (Å²) in [6, 6.07) is 8.01. The third-order valence-electron chi connectivity index (χ3n) is 3.48. The molecule has 1 amide bonds. The zero-order valence-electron chi connectivity index (χ0n) is 15.2. The van der Waals surface area contributed by atoms with E-state index in [4.69, 9.17) is 0 Å². The van der Waals surface area contributed by atoms with Crippen LogP contribution in [0.4, 0.5) is 0 Å². The Morgan fingerprint density at radius 1 is 1.31 bits per heavy atom. The minimum absolute atomic E-state index is 0.133. The van der Waals surface area contributed by atoms with Crippen LogP contribution in [0.3, 0.4) is 0 Å². The smallest absolute Gasteiger partial charge is 0.350 e. The van der Waals surface area contributed by atoms with Gasteiger partial charge in [-0.25, -0.2) is 18.9 Å². The van der Waals surface area contributed by atoms with Gasteiger partial charge in [0.25, 0.3) is 0 Å². The summed E-state index contributed by atoms with van der Waals surface area (Å²) >= 11 is 1.43. The molecule has 7 nitrogen and oxygen atoms in total. The average molecular weight is 371 g/mol. The highest BCUT2D eigenvalue weighted by atomic mass is 32.2. The highest BCUT2D eigenvalue weighted by Crippen LogP contribution is 2.28. The maximum Gasteiger partial charge on any atom is 0.350 e. The summed E-state index contributed by atoms with van der Waals surface area (Å²) in [5, 5.41) is 7.77. The number of fused-ring (bicyclic) bond motifs is 1. The fourth-order valence-corrected chi connectivity index (χ4v) is 3.44. The normalized spacial score (nSPS) is 11.7. The topological polar surface area (TPSA) is 81.3 Å². The Balaban J connectivity index is 1.93. The molecule has 0 fully saturated rings. The van der Waals surface area contributed by atoms with Crippen molar-refractivity contribution in [2.75, 3.05) is 0 Å². The first-order valence-corrected chi connectivity index (χ1v) is 9.04. The molecule has 0 spiro atoms. The second kappa shape index (κ2) is 6.95. The van der Waals surface area contributed by atoms with Gasteiger partial charge in [0.05, 0.1) is 0 Å². The quantitative estimate of drug-likeness (QED) is 0.761. The summed E-state index contributed by atoms with van der Waals surface area (Å²) < 4.78 is 2.58. The first kappa shape index (κ1) is 18.2. The molecule has 2 heterocycles. The van der Waals surface area contributed by atoms with Crippen LogP contribution in [0.5, 0.6) is 0 Å². The fraction of sp³-hybridized carbons (Fsp3) is 0.333. The van der Waals surface area contributed by atoms with Crippen molar-refractivity contribution in [2.45, 2.75) is 49.7 Å². The van der Waals surface area contributed by atoms with E-state index in [2.05, 4.69) is 15.4 Å². The molecule has 2 aromatic heterocycles. The summed E-state index contributed by atoms with van der Waals surface area (Å²) in [4.78, 5) is 30.0. The third-order valence-corrected chi connectivity index (χ3v) is 4.45. The lowest BCUT2D eigenvalue weighted by atomic mass is 10.1. The van der Waals surface area contributed by atoms with Gasteiger partial charge in [-0.3, -0.25) is 4.79 Å². The monoisotopic (exact) mass is 371 g/mol. The molecule has 0 atom stereocenters. The van der Waals surface area contributed by atoms with Crippen LogP contribution < -0.4 is 11.0 Å². The fourth-order valence-electron chi connectivity index (χ4n) is 2.49. The molecule has 0 aliphatic rings. The van der Waals surface area contributed by atoms with E-state index in [0.29, 0.717) is 10.7 Å². The van der Waals surface area contributed by atoms with Crippen molar-refractivity contribution >= 4 is 23.3 Å². The molecule has 0 bridgehead atoms. The second-order valence-corrected chi connectivity index (χ2v) is 8.15. The van der Waals surface area contributed by atoms with Gasteiger partial charge in [-0.05, 0) is 39.8 Å². The minimum atomic E-state index is -0.367. The number of hydrogen-bond donors (Lipinski definition) is 1. The van der Waals surface area contributed by atoms with Gasteiger partial charge in [-0.2, -0.15) is 0 Å². The molecule has 0 aliphatic carbocycles. The van der Waals surface area contributed by atoms with Crippen molar-refractivity contribution in [1.29, 1.82) is 0 Å². The first-order chi connectivity index (χ1) is 12.2. The third kappa shape index (κ3) is 4.13. The molecule has 0 radical (unpaired) electrons. The summed E-state index contributed by atoms with van der Waals surface area (Å²) in [6.07, 6.45) is 3.12. The number of amides is 1. The summed E-state index contributed by atoms with van der Waals surface area (Å²) in [5.41, 5.74) is 0.849. The van der Waals surface area contributed by atoms with Crippen molar-refractivity contribution < 1.29 is 4.79 Å². The number of aromatic nitrogens is 4. The number of rotatable bonds is 4. The van der Waals surface area contributed by atoms with Crippen molar-refractivity contribution in [3.63, 3.8) is 0 Å². The Labute approximate surface area is 155 Å². The van der Waals surface area contributed by atoms with E-state index in [9.17, 15) is 9.59 Å². The molecule has 3 rings (SSSR count). The second-order valence-electron chi connectivity index (χ2n) is 7.08. The lowest BCUT2D eigenvalue weighted by molar-refractivity contribution is -0.123. The standard InChI is InChI=1S/C18H21N5O2S/c1-12-6-5-7-13(10-12)26-16-15-21-23(11-14(24)20-18(2,3)4)17(25)22(15)9-8-19-16/h5-10H,11H2,1-4H3,(H,20,24). The van der Waals surface area contributed by atoms with Crippen LogP contribution in [0.2, 0.25) is 0 Å². The Bertz CT molecular complexity index is 1020. The number of nitrogens with one attached hydrogen (secondary N) is 1. The molecule has 1 N–H and O–H groups in total. The molecule has 0 saturated heterocycles. The van der Waals surface area contributed by atoms with Crippen LogP contribution in [-0.4, -0.2) is 30.6 Å². The Morgan fingerprint density at radius 2 is 2.08 bits per heavy atom. The molecule has 8 heteroatoms. The van der Waals surface area contributed by atoms with Crippen LogP contribution in [0.25, 0.3) is 5.65 Å². The molecule has 0 aliphatic heterocycles. The lowest BCUT2D eigenvalue weighted by Gasteiger charge is -2.20. The Morgan fingerprint density at radius 3 is 2.77 bits per heavy atom. The van der Waals surface area contributed by atoms with Crippen LogP contribution in [0, 0.1) is 6.92 Å². The molecular formula is C18H21N5O2S. The zero-order valence-corrected chi connectivity index (χ0v) is 16.0. The van der Waals surface area contributed by atoms with E-state index in [0.717, 1.165) is 10.5 Å².